The zero-order valence-corrected chi connectivity index (χ0v) is 13.4. The van der Waals surface area contributed by atoms with Crippen LogP contribution >= 0.6 is 11.6 Å². The highest BCUT2D eigenvalue weighted by atomic mass is 35.5. The first-order valence-corrected chi connectivity index (χ1v) is 7.68. The summed E-state index contributed by atoms with van der Waals surface area (Å²) < 4.78 is 5.28. The molecule has 5 heteroatoms. The Morgan fingerprint density at radius 2 is 2.10 bits per heavy atom. The van der Waals surface area contributed by atoms with E-state index in [0.29, 0.717) is 26.3 Å². The van der Waals surface area contributed by atoms with E-state index in [2.05, 4.69) is 24.1 Å². The zero-order valence-electron chi connectivity index (χ0n) is 12.7. The molecular formula is C16H23ClN2O2. The first-order chi connectivity index (χ1) is 9.97. The number of hydrogen-bond acceptors (Lipinski definition) is 3. The van der Waals surface area contributed by atoms with Crippen LogP contribution in [0.1, 0.15) is 19.4 Å². The highest BCUT2D eigenvalue weighted by Gasteiger charge is 2.22. The van der Waals surface area contributed by atoms with Crippen LogP contribution in [-0.2, 0) is 14.9 Å². The van der Waals surface area contributed by atoms with E-state index in [0.717, 1.165) is 23.7 Å². The third-order valence-corrected chi connectivity index (χ3v) is 4.04. The number of nitrogens with zero attached hydrogens (tertiary/aromatic N) is 1. The number of ether oxygens (including phenoxy) is 1. The van der Waals surface area contributed by atoms with Crippen LogP contribution in [0.4, 0.5) is 0 Å². The Morgan fingerprint density at radius 3 is 2.76 bits per heavy atom. The molecule has 4 nitrogen and oxygen atoms in total. The molecule has 2 rings (SSSR count). The molecule has 0 saturated carbocycles. The molecule has 116 valence electrons. The van der Waals surface area contributed by atoms with Crippen molar-refractivity contribution in [1.29, 1.82) is 0 Å². The summed E-state index contributed by atoms with van der Waals surface area (Å²) in [6.45, 7) is 8.31. The number of benzene rings is 1. The molecule has 21 heavy (non-hydrogen) atoms. The standard InChI is InChI=1S/C16H23ClN2O2/c1-16(2,13-4-3-5-14(17)10-13)12-18-15(20)11-19-6-8-21-9-7-19/h3-5,10H,6-9,11-12H2,1-2H3,(H,18,20). The first kappa shape index (κ1) is 16.3. The van der Waals surface area contributed by atoms with Crippen molar-refractivity contribution >= 4 is 17.5 Å². The molecular weight excluding hydrogens is 288 g/mol. The van der Waals surface area contributed by atoms with Crippen LogP contribution in [0.25, 0.3) is 0 Å². The second-order valence-electron chi connectivity index (χ2n) is 6.06. The van der Waals surface area contributed by atoms with Crippen molar-refractivity contribution in [1.82, 2.24) is 10.2 Å². The molecule has 1 aliphatic heterocycles. The van der Waals surface area contributed by atoms with E-state index >= 15 is 0 Å². The second kappa shape index (κ2) is 7.25. The van der Waals surface area contributed by atoms with Crippen LogP contribution < -0.4 is 5.32 Å². The van der Waals surface area contributed by atoms with Gasteiger partial charge in [-0.2, -0.15) is 0 Å². The Morgan fingerprint density at radius 1 is 1.38 bits per heavy atom. The molecule has 1 aromatic rings. The SMILES string of the molecule is CC(C)(CNC(=O)CN1CCOCC1)c1cccc(Cl)c1. The summed E-state index contributed by atoms with van der Waals surface area (Å²) >= 11 is 6.04. The van der Waals surface area contributed by atoms with Crippen molar-refractivity contribution < 1.29 is 9.53 Å². The number of morpholine rings is 1. The lowest BCUT2D eigenvalue weighted by Gasteiger charge is -2.28. The Hall–Kier alpha value is -1.10. The predicted molar refractivity (Wildman–Crippen MR) is 84.7 cm³/mol. The largest absolute Gasteiger partial charge is 0.379 e. The van der Waals surface area contributed by atoms with Crippen molar-refractivity contribution in [2.75, 3.05) is 39.4 Å². The van der Waals surface area contributed by atoms with Gasteiger partial charge in [-0.25, -0.2) is 0 Å². The van der Waals surface area contributed by atoms with Gasteiger partial charge in [0, 0.05) is 30.1 Å². The molecule has 1 N–H and O–H groups in total. The normalized spacial score (nSPS) is 16.7. The summed E-state index contributed by atoms with van der Waals surface area (Å²) in [5.74, 6) is 0.0620. The molecule has 0 radical (unpaired) electrons. The Bertz CT molecular complexity index is 485. The minimum absolute atomic E-state index is 0.0620. The third-order valence-electron chi connectivity index (χ3n) is 3.80. The van der Waals surface area contributed by atoms with Crippen LogP contribution in [-0.4, -0.2) is 50.2 Å². The van der Waals surface area contributed by atoms with Crippen LogP contribution in [0.3, 0.4) is 0 Å². The van der Waals surface area contributed by atoms with Crippen molar-refractivity contribution in [3.63, 3.8) is 0 Å². The van der Waals surface area contributed by atoms with Crippen LogP contribution in [0, 0.1) is 0 Å². The fourth-order valence-electron chi connectivity index (χ4n) is 2.35. The van der Waals surface area contributed by atoms with Crippen molar-refractivity contribution in [2.45, 2.75) is 19.3 Å². The molecule has 0 aliphatic carbocycles. The molecule has 0 spiro atoms. The van der Waals surface area contributed by atoms with Crippen LogP contribution in [0.5, 0.6) is 0 Å². The molecule has 1 aliphatic rings. The van der Waals surface area contributed by atoms with Crippen molar-refractivity contribution in [2.24, 2.45) is 0 Å². The summed E-state index contributed by atoms with van der Waals surface area (Å²) in [5.41, 5.74) is 0.979. The third kappa shape index (κ3) is 4.99. The van der Waals surface area contributed by atoms with Gasteiger partial charge < -0.3 is 10.1 Å². The van der Waals surface area contributed by atoms with E-state index in [1.165, 1.54) is 0 Å². The van der Waals surface area contributed by atoms with Gasteiger partial charge in [-0.3, -0.25) is 9.69 Å². The van der Waals surface area contributed by atoms with E-state index in [-0.39, 0.29) is 11.3 Å². The van der Waals surface area contributed by atoms with Gasteiger partial charge in [0.15, 0.2) is 0 Å². The maximum absolute atomic E-state index is 12.0. The molecule has 1 aromatic carbocycles. The number of nitrogens with one attached hydrogen (secondary N) is 1. The Kier molecular flexibility index (Phi) is 5.62. The lowest BCUT2D eigenvalue weighted by molar-refractivity contribution is -0.123. The molecule has 0 bridgehead atoms. The van der Waals surface area contributed by atoms with Crippen molar-refractivity contribution in [3.8, 4) is 0 Å². The molecule has 0 aromatic heterocycles. The van der Waals surface area contributed by atoms with E-state index in [4.69, 9.17) is 16.3 Å². The monoisotopic (exact) mass is 310 g/mol. The van der Waals surface area contributed by atoms with Gasteiger partial charge >= 0.3 is 0 Å². The maximum Gasteiger partial charge on any atom is 0.234 e. The maximum atomic E-state index is 12.0. The first-order valence-electron chi connectivity index (χ1n) is 7.30. The number of carbonyl (C=O) groups is 1. The fraction of sp³-hybridized carbons (Fsp3) is 0.562. The summed E-state index contributed by atoms with van der Waals surface area (Å²) in [6.07, 6.45) is 0. The lowest BCUT2D eigenvalue weighted by Crippen LogP contribution is -2.45. The molecule has 1 heterocycles. The van der Waals surface area contributed by atoms with Crippen molar-refractivity contribution in [3.05, 3.63) is 34.9 Å². The average Bonchev–Trinajstić information content (AvgIpc) is 2.46. The molecule has 1 saturated heterocycles. The highest BCUT2D eigenvalue weighted by molar-refractivity contribution is 6.30. The van der Waals surface area contributed by atoms with Gasteiger partial charge in [-0.15, -0.1) is 0 Å². The summed E-state index contributed by atoms with van der Waals surface area (Å²) in [6, 6.07) is 7.79. The Labute approximate surface area is 131 Å². The fourth-order valence-corrected chi connectivity index (χ4v) is 2.54. The Balaban J connectivity index is 1.84. The summed E-state index contributed by atoms with van der Waals surface area (Å²) in [5, 5.41) is 3.75. The topological polar surface area (TPSA) is 41.6 Å². The van der Waals surface area contributed by atoms with E-state index in [1.54, 1.807) is 0 Å². The minimum atomic E-state index is -0.147. The number of carbonyl (C=O) groups excluding carboxylic acids is 1. The van der Waals surface area contributed by atoms with E-state index < -0.39 is 0 Å². The van der Waals surface area contributed by atoms with Gasteiger partial charge in [0.1, 0.15) is 0 Å². The summed E-state index contributed by atoms with van der Waals surface area (Å²) in [4.78, 5) is 14.2. The number of rotatable bonds is 5. The molecule has 0 unspecified atom stereocenters. The van der Waals surface area contributed by atoms with Crippen LogP contribution in [0.15, 0.2) is 24.3 Å². The second-order valence-corrected chi connectivity index (χ2v) is 6.50. The quantitative estimate of drug-likeness (QED) is 0.905. The molecule has 1 fully saturated rings. The lowest BCUT2D eigenvalue weighted by atomic mass is 9.84. The van der Waals surface area contributed by atoms with Gasteiger partial charge in [0.25, 0.3) is 0 Å². The van der Waals surface area contributed by atoms with Gasteiger partial charge in [-0.05, 0) is 17.7 Å². The predicted octanol–water partition coefficient (Wildman–Crippen LogP) is 2.07. The van der Waals surface area contributed by atoms with Gasteiger partial charge in [0.05, 0.1) is 19.8 Å². The number of halogens is 1. The highest BCUT2D eigenvalue weighted by Crippen LogP contribution is 2.24. The van der Waals surface area contributed by atoms with Gasteiger partial charge in [-0.1, -0.05) is 37.6 Å². The number of amides is 1. The molecule has 1 amide bonds. The van der Waals surface area contributed by atoms with E-state index in [1.807, 2.05) is 24.3 Å². The minimum Gasteiger partial charge on any atom is -0.379 e. The summed E-state index contributed by atoms with van der Waals surface area (Å²) in [7, 11) is 0. The molecule has 0 atom stereocenters. The zero-order chi connectivity index (χ0) is 15.3. The van der Waals surface area contributed by atoms with E-state index in [9.17, 15) is 4.79 Å². The van der Waals surface area contributed by atoms with Gasteiger partial charge in [0.2, 0.25) is 5.91 Å². The smallest absolute Gasteiger partial charge is 0.234 e. The number of hydrogen-bond donors (Lipinski definition) is 1. The average molecular weight is 311 g/mol. The van der Waals surface area contributed by atoms with Crippen LogP contribution in [0.2, 0.25) is 5.02 Å².